The van der Waals surface area contributed by atoms with Crippen LogP contribution in [0.3, 0.4) is 0 Å². The third kappa shape index (κ3) is 6.57. The van der Waals surface area contributed by atoms with Gasteiger partial charge in [-0.25, -0.2) is 4.79 Å². The maximum atomic E-state index is 12.2. The zero-order chi connectivity index (χ0) is 16.8. The van der Waals surface area contributed by atoms with Crippen molar-refractivity contribution in [3.63, 3.8) is 0 Å². The van der Waals surface area contributed by atoms with Gasteiger partial charge in [-0.1, -0.05) is 12.1 Å². The van der Waals surface area contributed by atoms with Gasteiger partial charge in [-0.15, -0.1) is 0 Å². The van der Waals surface area contributed by atoms with Crippen molar-refractivity contribution < 1.29 is 23.1 Å². The molecule has 0 saturated carbocycles. The quantitative estimate of drug-likeness (QED) is 0.748. The molecule has 4 nitrogen and oxygen atoms in total. The molecule has 1 aromatic rings. The number of aliphatic hydroxyl groups is 1. The zero-order valence-corrected chi connectivity index (χ0v) is 13.1. The zero-order valence-electron chi connectivity index (χ0n) is 12.3. The minimum absolute atomic E-state index is 0.0608. The van der Waals surface area contributed by atoms with Crippen LogP contribution in [0.4, 0.5) is 23.7 Å². The van der Waals surface area contributed by atoms with Crippen molar-refractivity contribution >= 4 is 23.5 Å². The predicted molar refractivity (Wildman–Crippen MR) is 82.2 cm³/mol. The van der Waals surface area contributed by atoms with Crippen LogP contribution in [0.1, 0.15) is 12.5 Å². The Bertz CT molecular complexity index is 476. The van der Waals surface area contributed by atoms with E-state index in [1.807, 2.05) is 6.26 Å². The summed E-state index contributed by atoms with van der Waals surface area (Å²) < 4.78 is 36.7. The molecule has 2 atom stereocenters. The molecule has 0 radical (unpaired) electrons. The average Bonchev–Trinajstić information content (AvgIpc) is 2.40. The first-order valence-electron chi connectivity index (χ1n) is 6.62. The van der Waals surface area contributed by atoms with E-state index >= 15 is 0 Å². The highest BCUT2D eigenvalue weighted by Crippen LogP contribution is 2.22. The van der Waals surface area contributed by atoms with Gasteiger partial charge in [-0.05, 0) is 30.9 Å². The van der Waals surface area contributed by atoms with Gasteiger partial charge < -0.3 is 15.7 Å². The van der Waals surface area contributed by atoms with Crippen molar-refractivity contribution in [3.8, 4) is 0 Å². The van der Waals surface area contributed by atoms with Crippen LogP contribution in [0.2, 0.25) is 0 Å². The normalized spacial score (nSPS) is 14.3. The van der Waals surface area contributed by atoms with Gasteiger partial charge in [0.15, 0.2) is 0 Å². The number of benzene rings is 1. The van der Waals surface area contributed by atoms with Crippen molar-refractivity contribution in [1.29, 1.82) is 0 Å². The Hall–Kier alpha value is -1.41. The lowest BCUT2D eigenvalue weighted by molar-refractivity contribution is -0.127. The van der Waals surface area contributed by atoms with Crippen molar-refractivity contribution in [2.24, 2.45) is 0 Å². The van der Waals surface area contributed by atoms with Crippen LogP contribution >= 0.6 is 11.8 Å². The van der Waals surface area contributed by atoms with Crippen LogP contribution < -0.4 is 10.6 Å². The monoisotopic (exact) mass is 336 g/mol. The molecule has 2 unspecified atom stereocenters. The van der Waals surface area contributed by atoms with Gasteiger partial charge in [-0.2, -0.15) is 24.9 Å². The first-order valence-corrected chi connectivity index (χ1v) is 7.91. The highest BCUT2D eigenvalue weighted by atomic mass is 32.2. The molecule has 0 saturated heterocycles. The summed E-state index contributed by atoms with van der Waals surface area (Å²) in [4.78, 5) is 11.8. The maximum Gasteiger partial charge on any atom is 0.393 e. The number of rotatable bonds is 6. The highest BCUT2D eigenvalue weighted by molar-refractivity contribution is 7.99. The highest BCUT2D eigenvalue weighted by Gasteiger charge is 2.27. The fourth-order valence-corrected chi connectivity index (χ4v) is 2.47. The first-order chi connectivity index (χ1) is 10.2. The first kappa shape index (κ1) is 18.6. The van der Waals surface area contributed by atoms with E-state index in [1.165, 1.54) is 36.0 Å². The summed E-state index contributed by atoms with van der Waals surface area (Å²) in [6.45, 7) is 1.71. The fourth-order valence-electron chi connectivity index (χ4n) is 1.84. The second kappa shape index (κ2) is 8.28. The summed E-state index contributed by atoms with van der Waals surface area (Å²) in [5.74, 6) is 0. The molecule has 22 heavy (non-hydrogen) atoms. The number of aliphatic hydroxyl groups excluding tert-OH is 1. The summed E-state index contributed by atoms with van der Waals surface area (Å²) >= 11 is 1.43. The van der Waals surface area contributed by atoms with Crippen molar-refractivity contribution in [2.75, 3.05) is 18.2 Å². The second-order valence-corrected chi connectivity index (χ2v) is 5.91. The Morgan fingerprint density at radius 3 is 2.36 bits per heavy atom. The van der Waals surface area contributed by atoms with E-state index in [0.717, 1.165) is 0 Å². The third-order valence-corrected chi connectivity index (χ3v) is 4.18. The van der Waals surface area contributed by atoms with Crippen molar-refractivity contribution in [3.05, 3.63) is 29.8 Å². The lowest BCUT2D eigenvalue weighted by Gasteiger charge is -2.21. The molecule has 8 heteroatoms. The van der Waals surface area contributed by atoms with E-state index in [1.54, 1.807) is 6.92 Å². The number of hydrogen-bond donors (Lipinski definition) is 3. The van der Waals surface area contributed by atoms with E-state index in [4.69, 9.17) is 5.11 Å². The fraction of sp³-hybridized carbons (Fsp3) is 0.500. The topological polar surface area (TPSA) is 61.4 Å². The molecule has 2 amide bonds. The van der Waals surface area contributed by atoms with Crippen LogP contribution in [0.5, 0.6) is 0 Å². The second-order valence-electron chi connectivity index (χ2n) is 4.83. The number of amides is 2. The molecule has 3 N–H and O–H groups in total. The van der Waals surface area contributed by atoms with Gasteiger partial charge in [0.1, 0.15) is 0 Å². The van der Waals surface area contributed by atoms with Crippen LogP contribution in [0.15, 0.2) is 24.3 Å². The van der Waals surface area contributed by atoms with Crippen LogP contribution in [-0.4, -0.2) is 41.5 Å². The molecule has 0 aromatic heterocycles. The van der Waals surface area contributed by atoms with Crippen LogP contribution in [-0.2, 0) is 6.42 Å². The molecule has 124 valence electrons. The van der Waals surface area contributed by atoms with Crippen molar-refractivity contribution in [1.82, 2.24) is 5.32 Å². The number of alkyl halides is 3. The Kier molecular flexibility index (Phi) is 7.02. The average molecular weight is 336 g/mol. The number of hydrogen-bond acceptors (Lipinski definition) is 3. The molecule has 0 aliphatic rings. The van der Waals surface area contributed by atoms with Gasteiger partial charge in [0.05, 0.1) is 13.0 Å². The van der Waals surface area contributed by atoms with Gasteiger partial charge in [-0.3, -0.25) is 0 Å². The molecule has 0 fully saturated rings. The van der Waals surface area contributed by atoms with E-state index in [2.05, 4.69) is 10.6 Å². The predicted octanol–water partition coefficient (Wildman–Crippen LogP) is 3.03. The molecular formula is C14H19F3N2O2S. The molecular weight excluding hydrogens is 317 g/mol. The minimum Gasteiger partial charge on any atom is -0.395 e. The number of anilines is 1. The SMILES string of the molecule is CSC(CO)C(C)NC(=O)Nc1ccc(CC(F)(F)F)cc1. The molecule has 0 spiro atoms. The number of thioether (sulfide) groups is 1. The molecule has 0 aliphatic carbocycles. The molecule has 0 aliphatic heterocycles. The Balaban J connectivity index is 2.54. The minimum atomic E-state index is -4.25. The van der Waals surface area contributed by atoms with Crippen LogP contribution in [0.25, 0.3) is 0 Å². The number of halogens is 3. The number of nitrogens with one attached hydrogen (secondary N) is 2. The van der Waals surface area contributed by atoms with Gasteiger partial charge >= 0.3 is 12.2 Å². The summed E-state index contributed by atoms with van der Waals surface area (Å²) in [6.07, 6.45) is -3.42. The molecule has 0 bridgehead atoms. The van der Waals surface area contributed by atoms with Crippen molar-refractivity contribution in [2.45, 2.75) is 30.8 Å². The van der Waals surface area contributed by atoms with E-state index in [-0.39, 0.29) is 23.5 Å². The third-order valence-electron chi connectivity index (χ3n) is 3.02. The van der Waals surface area contributed by atoms with E-state index in [9.17, 15) is 18.0 Å². The van der Waals surface area contributed by atoms with E-state index < -0.39 is 18.6 Å². The Morgan fingerprint density at radius 2 is 1.91 bits per heavy atom. The van der Waals surface area contributed by atoms with Gasteiger partial charge in [0.2, 0.25) is 0 Å². The number of carbonyl (C=O) groups excluding carboxylic acids is 1. The smallest absolute Gasteiger partial charge is 0.393 e. The van der Waals surface area contributed by atoms with Gasteiger partial charge in [0.25, 0.3) is 0 Å². The Labute approximate surface area is 131 Å². The summed E-state index contributed by atoms with van der Waals surface area (Å²) in [5, 5.41) is 14.2. The summed E-state index contributed by atoms with van der Waals surface area (Å²) in [5.41, 5.74) is 0.537. The van der Waals surface area contributed by atoms with Gasteiger partial charge in [0, 0.05) is 17.0 Å². The lowest BCUT2D eigenvalue weighted by atomic mass is 10.1. The summed E-state index contributed by atoms with van der Waals surface area (Å²) in [6, 6.07) is 4.77. The largest absolute Gasteiger partial charge is 0.395 e. The molecule has 1 aromatic carbocycles. The van der Waals surface area contributed by atoms with E-state index in [0.29, 0.717) is 5.69 Å². The Morgan fingerprint density at radius 1 is 1.32 bits per heavy atom. The summed E-state index contributed by atoms with van der Waals surface area (Å²) in [7, 11) is 0. The standard InChI is InChI=1S/C14H19F3N2O2S/c1-9(12(8-20)22-2)18-13(21)19-11-5-3-10(4-6-11)7-14(15,16)17/h3-6,9,12,20H,7-8H2,1-2H3,(H2,18,19,21). The maximum absolute atomic E-state index is 12.2. The molecule has 0 heterocycles. The van der Waals surface area contributed by atoms with Crippen LogP contribution in [0, 0.1) is 0 Å². The number of carbonyl (C=O) groups is 1. The lowest BCUT2D eigenvalue weighted by Crippen LogP contribution is -2.43. The molecule has 1 rings (SSSR count). The number of urea groups is 1.